The van der Waals surface area contributed by atoms with E-state index in [1.54, 1.807) is 0 Å². The lowest BCUT2D eigenvalue weighted by atomic mass is 10.0. The summed E-state index contributed by atoms with van der Waals surface area (Å²) in [6.45, 7) is 5.19. The van der Waals surface area contributed by atoms with Crippen LogP contribution in [-0.2, 0) is 4.79 Å². The van der Waals surface area contributed by atoms with Crippen molar-refractivity contribution in [1.82, 2.24) is 4.90 Å². The van der Waals surface area contributed by atoms with Gasteiger partial charge in [0, 0.05) is 24.4 Å². The van der Waals surface area contributed by atoms with Gasteiger partial charge in [0.2, 0.25) is 5.91 Å². The SMILES string of the molecule is CC1CCN(C(=O)C(C)C2CC2)C1CCl. The molecule has 2 rings (SSSR count). The van der Waals surface area contributed by atoms with Crippen LogP contribution in [0.2, 0.25) is 0 Å². The number of carbonyl (C=O) groups is 1. The zero-order chi connectivity index (χ0) is 11.0. The number of likely N-dealkylation sites (tertiary alicyclic amines) is 1. The fraction of sp³-hybridized carbons (Fsp3) is 0.917. The lowest BCUT2D eigenvalue weighted by Gasteiger charge is -2.27. The largest absolute Gasteiger partial charge is 0.338 e. The van der Waals surface area contributed by atoms with Gasteiger partial charge in [-0.1, -0.05) is 13.8 Å². The number of rotatable bonds is 3. The van der Waals surface area contributed by atoms with E-state index in [4.69, 9.17) is 11.6 Å². The first kappa shape index (κ1) is 11.3. The monoisotopic (exact) mass is 229 g/mol. The molecule has 0 aromatic rings. The molecule has 3 heteroatoms. The third-order valence-corrected chi connectivity index (χ3v) is 4.36. The van der Waals surface area contributed by atoms with Gasteiger partial charge in [-0.05, 0) is 31.1 Å². The third kappa shape index (κ3) is 2.15. The molecule has 3 unspecified atom stereocenters. The summed E-state index contributed by atoms with van der Waals surface area (Å²) in [5.74, 6) is 2.38. The second-order valence-electron chi connectivity index (χ2n) is 5.15. The Bertz CT molecular complexity index is 252. The molecule has 1 saturated heterocycles. The second-order valence-corrected chi connectivity index (χ2v) is 5.45. The van der Waals surface area contributed by atoms with Crippen LogP contribution in [0.3, 0.4) is 0 Å². The van der Waals surface area contributed by atoms with E-state index in [1.165, 1.54) is 12.8 Å². The molecule has 0 aromatic carbocycles. The van der Waals surface area contributed by atoms with Gasteiger partial charge < -0.3 is 4.90 Å². The Hall–Kier alpha value is -0.240. The summed E-state index contributed by atoms with van der Waals surface area (Å²) in [7, 11) is 0. The molecule has 0 bridgehead atoms. The van der Waals surface area contributed by atoms with Gasteiger partial charge in [0.15, 0.2) is 0 Å². The summed E-state index contributed by atoms with van der Waals surface area (Å²) in [5, 5.41) is 0. The molecule has 15 heavy (non-hydrogen) atoms. The highest BCUT2D eigenvalue weighted by molar-refractivity contribution is 6.18. The number of halogens is 1. The van der Waals surface area contributed by atoms with E-state index in [0.717, 1.165) is 13.0 Å². The van der Waals surface area contributed by atoms with E-state index >= 15 is 0 Å². The first-order valence-electron chi connectivity index (χ1n) is 6.01. The smallest absolute Gasteiger partial charge is 0.225 e. The Morgan fingerprint density at radius 3 is 2.67 bits per heavy atom. The molecule has 86 valence electrons. The summed E-state index contributed by atoms with van der Waals surface area (Å²) in [5.41, 5.74) is 0. The van der Waals surface area contributed by atoms with Crippen LogP contribution in [-0.4, -0.2) is 29.3 Å². The van der Waals surface area contributed by atoms with Crippen molar-refractivity contribution in [2.45, 2.75) is 39.2 Å². The van der Waals surface area contributed by atoms with Crippen molar-refractivity contribution < 1.29 is 4.79 Å². The third-order valence-electron chi connectivity index (χ3n) is 4.04. The number of carbonyl (C=O) groups excluding carboxylic acids is 1. The van der Waals surface area contributed by atoms with Gasteiger partial charge in [0.25, 0.3) is 0 Å². The summed E-state index contributed by atoms with van der Waals surface area (Å²) in [4.78, 5) is 14.2. The Morgan fingerprint density at radius 2 is 2.13 bits per heavy atom. The van der Waals surface area contributed by atoms with Crippen molar-refractivity contribution in [2.75, 3.05) is 12.4 Å². The molecule has 3 atom stereocenters. The van der Waals surface area contributed by atoms with Gasteiger partial charge in [-0.25, -0.2) is 0 Å². The quantitative estimate of drug-likeness (QED) is 0.681. The van der Waals surface area contributed by atoms with Crippen molar-refractivity contribution in [3.05, 3.63) is 0 Å². The minimum atomic E-state index is 0.223. The van der Waals surface area contributed by atoms with Gasteiger partial charge in [0.1, 0.15) is 0 Å². The predicted molar refractivity (Wildman–Crippen MR) is 61.9 cm³/mol. The molecule has 2 fully saturated rings. The van der Waals surface area contributed by atoms with Crippen LogP contribution < -0.4 is 0 Å². The number of hydrogen-bond donors (Lipinski definition) is 0. The van der Waals surface area contributed by atoms with Crippen molar-refractivity contribution >= 4 is 17.5 Å². The molecular formula is C12H20ClNO. The highest BCUT2D eigenvalue weighted by Crippen LogP contribution is 2.38. The number of hydrogen-bond acceptors (Lipinski definition) is 1. The van der Waals surface area contributed by atoms with Crippen LogP contribution >= 0.6 is 11.6 Å². The zero-order valence-corrected chi connectivity index (χ0v) is 10.3. The maximum absolute atomic E-state index is 12.2. The molecule has 0 N–H and O–H groups in total. The molecule has 2 nitrogen and oxygen atoms in total. The number of amides is 1. The van der Waals surface area contributed by atoms with E-state index in [9.17, 15) is 4.79 Å². The van der Waals surface area contributed by atoms with E-state index in [2.05, 4.69) is 13.8 Å². The van der Waals surface area contributed by atoms with Crippen molar-refractivity contribution in [3.63, 3.8) is 0 Å². The first-order chi connectivity index (χ1) is 7.15. The van der Waals surface area contributed by atoms with Crippen LogP contribution in [0.15, 0.2) is 0 Å². The first-order valence-corrected chi connectivity index (χ1v) is 6.55. The molecule has 2 aliphatic rings. The summed E-state index contributed by atoms with van der Waals surface area (Å²) in [6.07, 6.45) is 3.59. The molecule has 0 radical (unpaired) electrons. The Balaban J connectivity index is 1.99. The molecule has 1 aliphatic carbocycles. The fourth-order valence-corrected chi connectivity index (χ4v) is 3.05. The van der Waals surface area contributed by atoms with Crippen LogP contribution in [0.1, 0.15) is 33.1 Å². The molecule has 1 aliphatic heterocycles. The van der Waals surface area contributed by atoms with Gasteiger partial charge in [0.05, 0.1) is 0 Å². The highest BCUT2D eigenvalue weighted by atomic mass is 35.5. The highest BCUT2D eigenvalue weighted by Gasteiger charge is 2.40. The molecule has 0 spiro atoms. The topological polar surface area (TPSA) is 20.3 Å². The fourth-order valence-electron chi connectivity index (χ4n) is 2.58. The van der Waals surface area contributed by atoms with E-state index in [0.29, 0.717) is 23.6 Å². The van der Waals surface area contributed by atoms with Crippen LogP contribution in [0, 0.1) is 17.8 Å². The number of alkyl halides is 1. The molecule has 1 amide bonds. The minimum absolute atomic E-state index is 0.223. The van der Waals surface area contributed by atoms with Crippen LogP contribution in [0.5, 0.6) is 0 Å². The van der Waals surface area contributed by atoms with Crippen LogP contribution in [0.4, 0.5) is 0 Å². The van der Waals surface area contributed by atoms with Gasteiger partial charge >= 0.3 is 0 Å². The van der Waals surface area contributed by atoms with E-state index in [1.807, 2.05) is 4.90 Å². The predicted octanol–water partition coefficient (Wildman–Crippen LogP) is 2.51. The summed E-state index contributed by atoms with van der Waals surface area (Å²) >= 11 is 5.95. The zero-order valence-electron chi connectivity index (χ0n) is 9.58. The average molecular weight is 230 g/mol. The van der Waals surface area contributed by atoms with Crippen molar-refractivity contribution in [2.24, 2.45) is 17.8 Å². The maximum atomic E-state index is 12.2. The van der Waals surface area contributed by atoms with E-state index < -0.39 is 0 Å². The normalized spacial score (nSPS) is 33.1. The summed E-state index contributed by atoms with van der Waals surface area (Å²) < 4.78 is 0. The van der Waals surface area contributed by atoms with E-state index in [-0.39, 0.29) is 12.0 Å². The Kier molecular flexibility index (Phi) is 3.24. The standard InChI is InChI=1S/C12H20ClNO/c1-8-5-6-14(11(8)7-13)12(15)9(2)10-3-4-10/h8-11H,3-7H2,1-2H3. The van der Waals surface area contributed by atoms with Gasteiger partial charge in [-0.2, -0.15) is 0 Å². The maximum Gasteiger partial charge on any atom is 0.225 e. The molecule has 1 saturated carbocycles. The van der Waals surface area contributed by atoms with Gasteiger partial charge in [-0.15, -0.1) is 11.6 Å². The number of nitrogens with zero attached hydrogens (tertiary/aromatic N) is 1. The second kappa shape index (κ2) is 4.32. The lowest BCUT2D eigenvalue weighted by molar-refractivity contribution is -0.136. The summed E-state index contributed by atoms with van der Waals surface area (Å²) in [6, 6.07) is 0.278. The average Bonchev–Trinajstić information content (AvgIpc) is 3.00. The van der Waals surface area contributed by atoms with Crippen LogP contribution in [0.25, 0.3) is 0 Å². The molecular weight excluding hydrogens is 210 g/mol. The lowest BCUT2D eigenvalue weighted by Crippen LogP contribution is -2.42. The van der Waals surface area contributed by atoms with Crippen molar-refractivity contribution in [3.8, 4) is 0 Å². The Morgan fingerprint density at radius 1 is 1.47 bits per heavy atom. The van der Waals surface area contributed by atoms with Crippen molar-refractivity contribution in [1.29, 1.82) is 0 Å². The van der Waals surface area contributed by atoms with Gasteiger partial charge in [-0.3, -0.25) is 4.79 Å². The Labute approximate surface area is 97.0 Å². The minimum Gasteiger partial charge on any atom is -0.338 e. The molecule has 0 aromatic heterocycles. The molecule has 1 heterocycles.